The molecule has 0 aliphatic rings. The van der Waals surface area contributed by atoms with E-state index in [0.717, 1.165) is 12.0 Å². The first-order valence-corrected chi connectivity index (χ1v) is 5.16. The van der Waals surface area contributed by atoms with Gasteiger partial charge in [0.15, 0.2) is 0 Å². The number of hydrogen-bond donors (Lipinski definition) is 0. The van der Waals surface area contributed by atoms with Crippen molar-refractivity contribution in [3.8, 4) is 0 Å². The third-order valence-electron chi connectivity index (χ3n) is 2.24. The Labute approximate surface area is 89.5 Å². The Hall–Kier alpha value is -0.600. The summed E-state index contributed by atoms with van der Waals surface area (Å²) in [5.41, 5.74) is 0.982. The number of hydrogen-bond acceptors (Lipinski definition) is 1. The number of benzene rings is 1. The SMILES string of the molecule is CN(C)C(CCCl)c1cccc(F)c1. The second-order valence-corrected chi connectivity index (χ2v) is 3.89. The van der Waals surface area contributed by atoms with Gasteiger partial charge in [-0.3, -0.25) is 0 Å². The van der Waals surface area contributed by atoms with Crippen LogP contribution >= 0.6 is 11.6 Å². The minimum atomic E-state index is -0.191. The van der Waals surface area contributed by atoms with E-state index in [9.17, 15) is 4.39 Å². The van der Waals surface area contributed by atoms with Gasteiger partial charge in [-0.1, -0.05) is 12.1 Å². The van der Waals surface area contributed by atoms with Crippen LogP contribution in [-0.4, -0.2) is 24.9 Å². The Kier molecular flexibility index (Phi) is 4.36. The Morgan fingerprint density at radius 1 is 1.43 bits per heavy atom. The minimum absolute atomic E-state index is 0.191. The van der Waals surface area contributed by atoms with E-state index in [-0.39, 0.29) is 11.9 Å². The summed E-state index contributed by atoms with van der Waals surface area (Å²) in [5.74, 6) is 0.392. The van der Waals surface area contributed by atoms with Gasteiger partial charge in [0.1, 0.15) is 5.82 Å². The molecule has 0 heterocycles. The summed E-state index contributed by atoms with van der Waals surface area (Å²) < 4.78 is 13.0. The van der Waals surface area contributed by atoms with Crippen molar-refractivity contribution in [2.45, 2.75) is 12.5 Å². The monoisotopic (exact) mass is 215 g/mol. The lowest BCUT2D eigenvalue weighted by molar-refractivity contribution is 0.292. The normalized spacial score (nSPS) is 13.2. The smallest absolute Gasteiger partial charge is 0.123 e. The van der Waals surface area contributed by atoms with E-state index in [1.54, 1.807) is 12.1 Å². The molecule has 0 radical (unpaired) electrons. The zero-order valence-electron chi connectivity index (χ0n) is 8.50. The Bertz CT molecular complexity index is 288. The maximum absolute atomic E-state index is 13.0. The first-order valence-electron chi connectivity index (χ1n) is 4.63. The highest BCUT2D eigenvalue weighted by molar-refractivity contribution is 6.17. The molecule has 0 aliphatic carbocycles. The lowest BCUT2D eigenvalue weighted by atomic mass is 10.0. The number of rotatable bonds is 4. The Balaban J connectivity index is 2.87. The molecule has 1 unspecified atom stereocenters. The zero-order chi connectivity index (χ0) is 10.6. The maximum Gasteiger partial charge on any atom is 0.123 e. The van der Waals surface area contributed by atoms with Gasteiger partial charge in [-0.05, 0) is 38.2 Å². The van der Waals surface area contributed by atoms with Crippen LogP contribution in [0.2, 0.25) is 0 Å². The van der Waals surface area contributed by atoms with Crippen LogP contribution in [0.3, 0.4) is 0 Å². The van der Waals surface area contributed by atoms with E-state index in [1.807, 2.05) is 20.2 Å². The van der Waals surface area contributed by atoms with Crippen molar-refractivity contribution in [1.29, 1.82) is 0 Å². The number of halogens is 2. The summed E-state index contributed by atoms with van der Waals surface area (Å²) >= 11 is 5.71. The topological polar surface area (TPSA) is 3.24 Å². The Morgan fingerprint density at radius 2 is 2.14 bits per heavy atom. The molecule has 0 aliphatic heterocycles. The summed E-state index contributed by atoms with van der Waals surface area (Å²) in [6.45, 7) is 0. The summed E-state index contributed by atoms with van der Waals surface area (Å²) in [7, 11) is 3.95. The van der Waals surface area contributed by atoms with Crippen LogP contribution in [0.1, 0.15) is 18.0 Å². The molecule has 3 heteroatoms. The van der Waals surface area contributed by atoms with E-state index in [0.29, 0.717) is 5.88 Å². The van der Waals surface area contributed by atoms with Crippen LogP contribution in [0, 0.1) is 5.82 Å². The fourth-order valence-corrected chi connectivity index (χ4v) is 1.75. The van der Waals surface area contributed by atoms with Crippen LogP contribution in [0.4, 0.5) is 4.39 Å². The van der Waals surface area contributed by atoms with E-state index in [1.165, 1.54) is 6.07 Å². The number of alkyl halides is 1. The summed E-state index contributed by atoms with van der Waals surface area (Å²) in [6, 6.07) is 6.88. The van der Waals surface area contributed by atoms with E-state index >= 15 is 0 Å². The fraction of sp³-hybridized carbons (Fsp3) is 0.455. The van der Waals surface area contributed by atoms with Crippen molar-refractivity contribution in [3.63, 3.8) is 0 Å². The molecule has 1 nitrogen and oxygen atoms in total. The van der Waals surface area contributed by atoms with E-state index in [2.05, 4.69) is 4.90 Å². The van der Waals surface area contributed by atoms with Crippen LogP contribution in [0.25, 0.3) is 0 Å². The lowest BCUT2D eigenvalue weighted by Crippen LogP contribution is -2.20. The zero-order valence-corrected chi connectivity index (χ0v) is 9.26. The molecule has 1 rings (SSSR count). The highest BCUT2D eigenvalue weighted by Crippen LogP contribution is 2.22. The molecule has 14 heavy (non-hydrogen) atoms. The van der Waals surface area contributed by atoms with E-state index < -0.39 is 0 Å². The van der Waals surface area contributed by atoms with Gasteiger partial charge in [0.25, 0.3) is 0 Å². The van der Waals surface area contributed by atoms with Crippen molar-refractivity contribution in [1.82, 2.24) is 4.90 Å². The van der Waals surface area contributed by atoms with Gasteiger partial charge < -0.3 is 4.90 Å². The molecule has 1 aromatic carbocycles. The molecule has 0 fully saturated rings. The highest BCUT2D eigenvalue weighted by Gasteiger charge is 2.13. The first kappa shape index (κ1) is 11.5. The second kappa shape index (κ2) is 5.32. The van der Waals surface area contributed by atoms with Crippen LogP contribution in [0.5, 0.6) is 0 Å². The first-order chi connectivity index (χ1) is 6.65. The highest BCUT2D eigenvalue weighted by atomic mass is 35.5. The molecule has 0 spiro atoms. The predicted octanol–water partition coefficient (Wildman–Crippen LogP) is 3.06. The van der Waals surface area contributed by atoms with Gasteiger partial charge in [-0.15, -0.1) is 11.6 Å². The molecule has 1 atom stereocenters. The molecule has 78 valence electrons. The van der Waals surface area contributed by atoms with Gasteiger partial charge >= 0.3 is 0 Å². The Morgan fingerprint density at radius 3 is 2.64 bits per heavy atom. The standard InChI is InChI=1S/C11H15ClFN/c1-14(2)11(6-7-12)9-4-3-5-10(13)8-9/h3-5,8,11H,6-7H2,1-2H3. The van der Waals surface area contributed by atoms with Crippen molar-refractivity contribution >= 4 is 11.6 Å². The minimum Gasteiger partial charge on any atom is -0.302 e. The third-order valence-corrected chi connectivity index (χ3v) is 2.46. The molecule has 0 bridgehead atoms. The van der Waals surface area contributed by atoms with Gasteiger partial charge in [0.2, 0.25) is 0 Å². The molecule has 0 saturated heterocycles. The summed E-state index contributed by atoms with van der Waals surface area (Å²) in [5, 5.41) is 0. The lowest BCUT2D eigenvalue weighted by Gasteiger charge is -2.23. The molecule has 0 N–H and O–H groups in total. The molecule has 0 saturated carbocycles. The van der Waals surface area contributed by atoms with Gasteiger partial charge in [0, 0.05) is 11.9 Å². The second-order valence-electron chi connectivity index (χ2n) is 3.51. The third kappa shape index (κ3) is 2.96. The molecule has 0 aromatic heterocycles. The van der Waals surface area contributed by atoms with Crippen LogP contribution in [0.15, 0.2) is 24.3 Å². The molecular formula is C11H15ClFN. The quantitative estimate of drug-likeness (QED) is 0.698. The summed E-state index contributed by atoms with van der Waals surface area (Å²) in [6.07, 6.45) is 0.831. The van der Waals surface area contributed by atoms with Gasteiger partial charge in [-0.25, -0.2) is 4.39 Å². The van der Waals surface area contributed by atoms with Crippen molar-refractivity contribution in [2.24, 2.45) is 0 Å². The van der Waals surface area contributed by atoms with Crippen LogP contribution < -0.4 is 0 Å². The van der Waals surface area contributed by atoms with E-state index in [4.69, 9.17) is 11.6 Å². The van der Waals surface area contributed by atoms with Crippen molar-refractivity contribution < 1.29 is 4.39 Å². The fourth-order valence-electron chi connectivity index (χ4n) is 1.54. The average Bonchev–Trinajstić information content (AvgIpc) is 2.13. The predicted molar refractivity (Wildman–Crippen MR) is 58.2 cm³/mol. The summed E-state index contributed by atoms with van der Waals surface area (Å²) in [4.78, 5) is 2.05. The van der Waals surface area contributed by atoms with Crippen molar-refractivity contribution in [3.05, 3.63) is 35.6 Å². The molecule has 0 amide bonds. The molecular weight excluding hydrogens is 201 g/mol. The van der Waals surface area contributed by atoms with Gasteiger partial charge in [-0.2, -0.15) is 0 Å². The average molecular weight is 216 g/mol. The maximum atomic E-state index is 13.0. The molecule has 1 aromatic rings. The van der Waals surface area contributed by atoms with Gasteiger partial charge in [0.05, 0.1) is 0 Å². The van der Waals surface area contributed by atoms with Crippen LogP contribution in [-0.2, 0) is 0 Å². The largest absolute Gasteiger partial charge is 0.302 e. The number of nitrogens with zero attached hydrogens (tertiary/aromatic N) is 1. The van der Waals surface area contributed by atoms with Crippen molar-refractivity contribution in [2.75, 3.05) is 20.0 Å².